The van der Waals surface area contributed by atoms with Crippen LogP contribution in [-0.2, 0) is 15.9 Å². The Kier molecular flexibility index (Phi) is 4.04. The molecule has 17 heavy (non-hydrogen) atoms. The molecule has 1 fully saturated rings. The molecule has 1 aromatic rings. The number of halogens is 2. The number of aliphatic hydroxyl groups excluding tert-OH is 1. The first-order valence-corrected chi connectivity index (χ1v) is 5.47. The fourth-order valence-electron chi connectivity index (χ4n) is 1.83. The number of ether oxygens (including phenoxy) is 2. The summed E-state index contributed by atoms with van der Waals surface area (Å²) in [5.41, 5.74) is 0.407. The molecule has 1 aromatic carbocycles. The van der Waals surface area contributed by atoms with Crippen LogP contribution in [0.5, 0.6) is 0 Å². The van der Waals surface area contributed by atoms with Crippen LogP contribution in [0.3, 0.4) is 0 Å². The average Bonchev–Trinajstić information content (AvgIpc) is 2.28. The SMILES string of the molecule is OC(Cc1cc(F)cc(F)c1)C1COCCO1. The topological polar surface area (TPSA) is 38.7 Å². The van der Waals surface area contributed by atoms with Crippen molar-refractivity contribution in [2.75, 3.05) is 19.8 Å². The van der Waals surface area contributed by atoms with Gasteiger partial charge in [-0.15, -0.1) is 0 Å². The molecule has 0 spiro atoms. The highest BCUT2D eigenvalue weighted by Crippen LogP contribution is 2.14. The summed E-state index contributed by atoms with van der Waals surface area (Å²) in [7, 11) is 0. The fraction of sp³-hybridized carbons (Fsp3) is 0.500. The molecular formula is C12H14F2O3. The molecule has 0 aromatic heterocycles. The van der Waals surface area contributed by atoms with Crippen molar-refractivity contribution in [3.8, 4) is 0 Å². The van der Waals surface area contributed by atoms with Gasteiger partial charge >= 0.3 is 0 Å². The lowest BCUT2D eigenvalue weighted by molar-refractivity contribution is -0.131. The van der Waals surface area contributed by atoms with Gasteiger partial charge in [0, 0.05) is 12.5 Å². The normalized spacial score (nSPS) is 22.4. The number of benzene rings is 1. The summed E-state index contributed by atoms with van der Waals surface area (Å²) >= 11 is 0. The van der Waals surface area contributed by atoms with Gasteiger partial charge in [0.2, 0.25) is 0 Å². The number of hydrogen-bond acceptors (Lipinski definition) is 3. The van der Waals surface area contributed by atoms with E-state index in [4.69, 9.17) is 9.47 Å². The van der Waals surface area contributed by atoms with Crippen molar-refractivity contribution >= 4 is 0 Å². The lowest BCUT2D eigenvalue weighted by Gasteiger charge is -2.27. The lowest BCUT2D eigenvalue weighted by atomic mass is 10.0. The highest BCUT2D eigenvalue weighted by molar-refractivity contribution is 5.18. The molecule has 2 rings (SSSR count). The third-order valence-electron chi connectivity index (χ3n) is 2.64. The number of rotatable bonds is 3. The van der Waals surface area contributed by atoms with Gasteiger partial charge < -0.3 is 14.6 Å². The van der Waals surface area contributed by atoms with Gasteiger partial charge in [-0.25, -0.2) is 8.78 Å². The summed E-state index contributed by atoms with van der Waals surface area (Å²) in [6.45, 7) is 1.25. The maximum Gasteiger partial charge on any atom is 0.126 e. The molecule has 1 N–H and O–H groups in total. The first-order chi connectivity index (χ1) is 8.15. The van der Waals surface area contributed by atoms with Crippen molar-refractivity contribution in [1.82, 2.24) is 0 Å². The minimum Gasteiger partial charge on any atom is -0.390 e. The Hall–Kier alpha value is -1.04. The predicted molar refractivity (Wildman–Crippen MR) is 56.6 cm³/mol. The average molecular weight is 244 g/mol. The van der Waals surface area contributed by atoms with E-state index in [1.54, 1.807) is 0 Å². The van der Waals surface area contributed by atoms with Crippen molar-refractivity contribution in [1.29, 1.82) is 0 Å². The summed E-state index contributed by atoms with van der Waals surface area (Å²) in [5, 5.41) is 9.86. The number of aliphatic hydroxyl groups is 1. The van der Waals surface area contributed by atoms with Crippen molar-refractivity contribution < 1.29 is 23.4 Å². The zero-order valence-electron chi connectivity index (χ0n) is 9.23. The van der Waals surface area contributed by atoms with Crippen LogP contribution in [0.25, 0.3) is 0 Å². The van der Waals surface area contributed by atoms with Gasteiger partial charge in [-0.2, -0.15) is 0 Å². The van der Waals surface area contributed by atoms with E-state index in [1.807, 2.05) is 0 Å². The van der Waals surface area contributed by atoms with E-state index in [0.717, 1.165) is 6.07 Å². The second-order valence-electron chi connectivity index (χ2n) is 4.03. The van der Waals surface area contributed by atoms with Crippen molar-refractivity contribution in [3.05, 3.63) is 35.4 Å². The van der Waals surface area contributed by atoms with Gasteiger partial charge in [0.05, 0.1) is 25.9 Å². The summed E-state index contributed by atoms with van der Waals surface area (Å²) in [4.78, 5) is 0. The highest BCUT2D eigenvalue weighted by atomic mass is 19.1. The van der Waals surface area contributed by atoms with E-state index >= 15 is 0 Å². The molecule has 1 saturated heterocycles. The zero-order chi connectivity index (χ0) is 12.3. The minimum atomic E-state index is -0.823. The molecule has 1 aliphatic heterocycles. The smallest absolute Gasteiger partial charge is 0.126 e. The van der Waals surface area contributed by atoms with E-state index in [0.29, 0.717) is 25.4 Å². The van der Waals surface area contributed by atoms with Gasteiger partial charge in [0.25, 0.3) is 0 Å². The second kappa shape index (κ2) is 5.53. The molecule has 2 atom stereocenters. The van der Waals surface area contributed by atoms with Gasteiger partial charge in [-0.1, -0.05) is 0 Å². The Morgan fingerprint density at radius 2 is 1.94 bits per heavy atom. The maximum absolute atomic E-state index is 12.9. The first kappa shape index (κ1) is 12.4. The summed E-state index contributed by atoms with van der Waals surface area (Å²) < 4.78 is 36.4. The quantitative estimate of drug-likeness (QED) is 0.870. The van der Waals surface area contributed by atoms with E-state index in [-0.39, 0.29) is 6.42 Å². The Bertz CT molecular complexity index is 358. The van der Waals surface area contributed by atoms with Crippen LogP contribution < -0.4 is 0 Å². The molecule has 0 radical (unpaired) electrons. The monoisotopic (exact) mass is 244 g/mol. The molecule has 5 heteroatoms. The van der Waals surface area contributed by atoms with E-state index < -0.39 is 23.8 Å². The molecule has 94 valence electrons. The Morgan fingerprint density at radius 1 is 1.24 bits per heavy atom. The molecular weight excluding hydrogens is 230 g/mol. The fourth-order valence-corrected chi connectivity index (χ4v) is 1.83. The van der Waals surface area contributed by atoms with Crippen LogP contribution in [0.2, 0.25) is 0 Å². The van der Waals surface area contributed by atoms with E-state index in [1.165, 1.54) is 12.1 Å². The first-order valence-electron chi connectivity index (χ1n) is 5.47. The van der Waals surface area contributed by atoms with Crippen LogP contribution in [0.1, 0.15) is 5.56 Å². The molecule has 1 aliphatic rings. The van der Waals surface area contributed by atoms with Crippen molar-refractivity contribution in [2.45, 2.75) is 18.6 Å². The lowest BCUT2D eigenvalue weighted by Crippen LogP contribution is -2.39. The minimum absolute atomic E-state index is 0.142. The summed E-state index contributed by atoms with van der Waals surface area (Å²) in [6, 6.07) is 3.21. The Labute approximate surface area is 98.0 Å². The molecule has 2 unspecified atom stereocenters. The van der Waals surface area contributed by atoms with E-state index in [9.17, 15) is 13.9 Å². The molecule has 0 aliphatic carbocycles. The van der Waals surface area contributed by atoms with Crippen LogP contribution in [0.15, 0.2) is 18.2 Å². The predicted octanol–water partition coefficient (Wildman–Crippen LogP) is 1.28. The van der Waals surface area contributed by atoms with Crippen molar-refractivity contribution in [3.63, 3.8) is 0 Å². The highest BCUT2D eigenvalue weighted by Gasteiger charge is 2.23. The molecule has 3 nitrogen and oxygen atoms in total. The molecule has 1 heterocycles. The van der Waals surface area contributed by atoms with Crippen LogP contribution in [0.4, 0.5) is 8.78 Å². The Morgan fingerprint density at radius 3 is 2.53 bits per heavy atom. The zero-order valence-corrected chi connectivity index (χ0v) is 9.23. The van der Waals surface area contributed by atoms with Gasteiger partial charge in [0.15, 0.2) is 0 Å². The number of hydrogen-bond donors (Lipinski definition) is 1. The maximum atomic E-state index is 12.9. The Balaban J connectivity index is 1.99. The summed E-state index contributed by atoms with van der Waals surface area (Å²) in [5.74, 6) is -1.29. The van der Waals surface area contributed by atoms with E-state index in [2.05, 4.69) is 0 Å². The van der Waals surface area contributed by atoms with Crippen LogP contribution in [0, 0.1) is 11.6 Å². The van der Waals surface area contributed by atoms with Crippen LogP contribution in [-0.4, -0.2) is 37.1 Å². The van der Waals surface area contributed by atoms with Crippen LogP contribution >= 0.6 is 0 Å². The third-order valence-corrected chi connectivity index (χ3v) is 2.64. The molecule has 0 saturated carbocycles. The van der Waals surface area contributed by atoms with Gasteiger partial charge in [0.1, 0.15) is 17.7 Å². The summed E-state index contributed by atoms with van der Waals surface area (Å²) in [6.07, 6.45) is -1.12. The van der Waals surface area contributed by atoms with Crippen molar-refractivity contribution in [2.24, 2.45) is 0 Å². The molecule has 0 amide bonds. The van der Waals surface area contributed by atoms with Gasteiger partial charge in [-0.05, 0) is 17.7 Å². The largest absolute Gasteiger partial charge is 0.390 e. The second-order valence-corrected chi connectivity index (χ2v) is 4.03. The molecule has 0 bridgehead atoms. The third kappa shape index (κ3) is 3.46. The standard InChI is InChI=1S/C12H14F2O3/c13-9-3-8(4-10(14)6-9)5-11(15)12-7-16-1-2-17-12/h3-4,6,11-12,15H,1-2,5,7H2. The van der Waals surface area contributed by atoms with Gasteiger partial charge in [-0.3, -0.25) is 0 Å².